The van der Waals surface area contributed by atoms with Crippen LogP contribution in [0.4, 0.5) is 0 Å². The normalized spacial score (nSPS) is 24.4. The van der Waals surface area contributed by atoms with E-state index in [9.17, 15) is 8.42 Å². The van der Waals surface area contributed by atoms with E-state index in [0.717, 1.165) is 18.7 Å². The molecule has 0 spiro atoms. The van der Waals surface area contributed by atoms with Crippen molar-refractivity contribution in [2.75, 3.05) is 13.1 Å². The zero-order valence-corrected chi connectivity index (χ0v) is 14.3. The largest absolute Gasteiger partial charge is 0.373 e. The van der Waals surface area contributed by atoms with Crippen LogP contribution in [0.15, 0.2) is 17.2 Å². The van der Waals surface area contributed by atoms with Crippen LogP contribution in [0.5, 0.6) is 0 Å². The molecule has 1 aromatic heterocycles. The second kappa shape index (κ2) is 6.69. The molecule has 0 bridgehead atoms. The zero-order valence-electron chi connectivity index (χ0n) is 12.8. The highest BCUT2D eigenvalue weighted by Gasteiger charge is 2.33. The maximum Gasteiger partial charge on any atom is 0.244 e. The van der Waals surface area contributed by atoms with Gasteiger partial charge in [0, 0.05) is 31.5 Å². The quantitative estimate of drug-likeness (QED) is 0.777. The van der Waals surface area contributed by atoms with E-state index in [0.29, 0.717) is 23.9 Å². The van der Waals surface area contributed by atoms with Gasteiger partial charge >= 0.3 is 0 Å². The third kappa shape index (κ3) is 3.62. The van der Waals surface area contributed by atoms with Crippen molar-refractivity contribution in [2.24, 2.45) is 0 Å². The lowest BCUT2D eigenvalue weighted by Gasteiger charge is -2.34. The number of aromatic nitrogens is 1. The number of ether oxygens (including phenoxy) is 1. The number of halogens is 1. The number of hydrogen-bond donors (Lipinski definition) is 0. The Kier molecular flexibility index (Phi) is 5.35. The molecule has 1 saturated heterocycles. The van der Waals surface area contributed by atoms with Crippen molar-refractivity contribution in [3.8, 4) is 0 Å². The fourth-order valence-electron chi connectivity index (χ4n) is 2.70. The second-order valence-corrected chi connectivity index (χ2v) is 7.78. The van der Waals surface area contributed by atoms with Crippen molar-refractivity contribution in [1.29, 1.82) is 0 Å². The molecule has 0 saturated carbocycles. The van der Waals surface area contributed by atoms with Gasteiger partial charge in [-0.05, 0) is 26.3 Å². The van der Waals surface area contributed by atoms with E-state index in [2.05, 4.69) is 6.92 Å². The van der Waals surface area contributed by atoms with Gasteiger partial charge in [0.05, 0.1) is 18.1 Å². The summed E-state index contributed by atoms with van der Waals surface area (Å²) in [7, 11) is -3.48. The van der Waals surface area contributed by atoms with Crippen molar-refractivity contribution in [3.05, 3.63) is 18.0 Å². The smallest absolute Gasteiger partial charge is 0.244 e. The Labute approximate surface area is 131 Å². The summed E-state index contributed by atoms with van der Waals surface area (Å²) in [5.41, 5.74) is 0.839. The van der Waals surface area contributed by atoms with Crippen LogP contribution in [0.3, 0.4) is 0 Å². The number of sulfonamides is 1. The summed E-state index contributed by atoms with van der Waals surface area (Å²) in [6, 6.07) is 1.68. The van der Waals surface area contributed by atoms with Gasteiger partial charge in [-0.25, -0.2) is 8.42 Å². The molecule has 1 aliphatic rings. The van der Waals surface area contributed by atoms with Crippen LogP contribution in [0.1, 0.15) is 32.9 Å². The van der Waals surface area contributed by atoms with Gasteiger partial charge in [-0.1, -0.05) is 6.92 Å². The first-order valence-electron chi connectivity index (χ1n) is 7.29. The van der Waals surface area contributed by atoms with Crippen molar-refractivity contribution in [3.63, 3.8) is 0 Å². The fourth-order valence-corrected chi connectivity index (χ4v) is 4.59. The number of aryl methyl sites for hydroxylation is 1. The molecule has 2 rings (SSSR count). The summed E-state index contributed by atoms with van der Waals surface area (Å²) >= 11 is 5.91. The summed E-state index contributed by atoms with van der Waals surface area (Å²) in [4.78, 5) is 0.327. The van der Waals surface area contributed by atoms with E-state index in [-0.39, 0.29) is 12.2 Å². The van der Waals surface area contributed by atoms with Gasteiger partial charge in [-0.2, -0.15) is 4.31 Å². The molecule has 21 heavy (non-hydrogen) atoms. The van der Waals surface area contributed by atoms with Gasteiger partial charge in [-0.3, -0.25) is 0 Å². The summed E-state index contributed by atoms with van der Waals surface area (Å²) < 4.78 is 34.6. The van der Waals surface area contributed by atoms with Crippen molar-refractivity contribution < 1.29 is 13.2 Å². The molecule has 5 nitrogen and oxygen atoms in total. The van der Waals surface area contributed by atoms with Crippen LogP contribution in [0, 0.1) is 0 Å². The van der Waals surface area contributed by atoms with Gasteiger partial charge in [0.15, 0.2) is 0 Å². The van der Waals surface area contributed by atoms with Crippen LogP contribution in [-0.2, 0) is 27.2 Å². The highest BCUT2D eigenvalue weighted by Crippen LogP contribution is 2.24. The Hall–Kier alpha value is -0.560. The van der Waals surface area contributed by atoms with Crippen LogP contribution < -0.4 is 0 Å². The lowest BCUT2D eigenvalue weighted by Crippen LogP contribution is -2.48. The van der Waals surface area contributed by atoms with Crippen LogP contribution in [0.25, 0.3) is 0 Å². The van der Waals surface area contributed by atoms with E-state index in [1.54, 1.807) is 12.3 Å². The molecule has 1 fully saturated rings. The van der Waals surface area contributed by atoms with Gasteiger partial charge < -0.3 is 9.30 Å². The monoisotopic (exact) mass is 334 g/mol. The Balaban J connectivity index is 2.30. The van der Waals surface area contributed by atoms with Gasteiger partial charge in [0.25, 0.3) is 0 Å². The van der Waals surface area contributed by atoms with E-state index < -0.39 is 10.0 Å². The molecule has 0 radical (unpaired) electrons. The van der Waals surface area contributed by atoms with Crippen molar-refractivity contribution in [2.45, 2.75) is 56.7 Å². The minimum absolute atomic E-state index is 0.0891. The first-order chi connectivity index (χ1) is 9.88. The minimum atomic E-state index is -3.48. The highest BCUT2D eigenvalue weighted by atomic mass is 35.5. The third-order valence-corrected chi connectivity index (χ3v) is 5.66. The maximum atomic E-state index is 12.8. The predicted molar refractivity (Wildman–Crippen MR) is 83.0 cm³/mol. The summed E-state index contributed by atoms with van der Waals surface area (Å²) in [5.74, 6) is 0.311. The lowest BCUT2D eigenvalue weighted by molar-refractivity contribution is -0.0440. The number of hydrogen-bond acceptors (Lipinski definition) is 3. The van der Waals surface area contributed by atoms with Gasteiger partial charge in [0.1, 0.15) is 4.90 Å². The molecule has 0 aromatic carbocycles. The standard InChI is InChI=1S/C14H23ClN2O3S/c1-4-5-16-10-14(6-13(16)7-15)21(18,19)17-8-11(2)20-12(3)9-17/h6,10-12H,4-5,7-9H2,1-3H3/t11-,12+. The van der Waals surface area contributed by atoms with E-state index in [4.69, 9.17) is 16.3 Å². The minimum Gasteiger partial charge on any atom is -0.373 e. The first kappa shape index (κ1) is 16.8. The number of rotatable bonds is 5. The molecule has 2 heterocycles. The zero-order chi connectivity index (χ0) is 15.6. The molecule has 0 amide bonds. The molecule has 1 aliphatic heterocycles. The second-order valence-electron chi connectivity index (χ2n) is 5.57. The Morgan fingerprint density at radius 2 is 1.95 bits per heavy atom. The van der Waals surface area contributed by atoms with Crippen molar-refractivity contribution in [1.82, 2.24) is 8.87 Å². The number of morpholine rings is 1. The van der Waals surface area contributed by atoms with Crippen LogP contribution >= 0.6 is 11.6 Å². The van der Waals surface area contributed by atoms with Crippen LogP contribution in [-0.4, -0.2) is 42.6 Å². The summed E-state index contributed by atoms with van der Waals surface area (Å²) in [6.45, 7) is 7.39. The predicted octanol–water partition coefficient (Wildman–Crippen LogP) is 2.43. The SMILES string of the molecule is CCCn1cc(S(=O)(=O)N2C[C@@H](C)O[C@@H](C)C2)cc1CCl. The highest BCUT2D eigenvalue weighted by molar-refractivity contribution is 7.89. The molecule has 7 heteroatoms. The fraction of sp³-hybridized carbons (Fsp3) is 0.714. The third-order valence-electron chi connectivity index (χ3n) is 3.59. The molecular weight excluding hydrogens is 312 g/mol. The molecule has 0 unspecified atom stereocenters. The maximum absolute atomic E-state index is 12.8. The Morgan fingerprint density at radius 3 is 2.48 bits per heavy atom. The lowest BCUT2D eigenvalue weighted by atomic mass is 10.3. The topological polar surface area (TPSA) is 51.5 Å². The van der Waals surface area contributed by atoms with Crippen LogP contribution in [0.2, 0.25) is 0 Å². The van der Waals surface area contributed by atoms with Gasteiger partial charge in [-0.15, -0.1) is 11.6 Å². The Morgan fingerprint density at radius 1 is 1.33 bits per heavy atom. The number of alkyl halides is 1. The van der Waals surface area contributed by atoms with Crippen molar-refractivity contribution >= 4 is 21.6 Å². The van der Waals surface area contributed by atoms with Gasteiger partial charge in [0.2, 0.25) is 10.0 Å². The van der Waals surface area contributed by atoms with E-state index in [1.807, 2.05) is 18.4 Å². The molecule has 2 atom stereocenters. The molecule has 0 N–H and O–H groups in total. The molecule has 0 aliphatic carbocycles. The number of nitrogens with zero attached hydrogens (tertiary/aromatic N) is 2. The first-order valence-corrected chi connectivity index (χ1v) is 9.26. The van der Waals surface area contributed by atoms with E-state index >= 15 is 0 Å². The Bertz CT molecular complexity index is 575. The summed E-state index contributed by atoms with van der Waals surface area (Å²) in [6.07, 6.45) is 2.45. The summed E-state index contributed by atoms with van der Waals surface area (Å²) in [5, 5.41) is 0. The average molecular weight is 335 g/mol. The van der Waals surface area contributed by atoms with E-state index in [1.165, 1.54) is 4.31 Å². The molecule has 1 aromatic rings. The average Bonchev–Trinajstić information content (AvgIpc) is 2.82. The molecular formula is C14H23ClN2O3S. The molecule has 120 valence electrons.